The van der Waals surface area contributed by atoms with Gasteiger partial charge in [0.05, 0.1) is 10.0 Å². The van der Waals surface area contributed by atoms with Crippen molar-refractivity contribution in [1.29, 1.82) is 0 Å². The van der Waals surface area contributed by atoms with Crippen LogP contribution < -0.4 is 5.32 Å². The number of nitrogens with zero attached hydrogens (tertiary/aromatic N) is 1. The number of nitrogens with one attached hydrogen (secondary N) is 1. The number of pyridine rings is 1. The van der Waals surface area contributed by atoms with Crippen LogP contribution in [-0.4, -0.2) is 22.8 Å². The first kappa shape index (κ1) is 13.2. The maximum atomic E-state index is 5.81. The molecule has 2 rings (SSSR count). The van der Waals surface area contributed by atoms with Crippen LogP contribution in [0.25, 0.3) is 0 Å². The minimum Gasteiger partial charge on any atom is -0.313 e. The van der Waals surface area contributed by atoms with Crippen molar-refractivity contribution in [2.45, 2.75) is 48.9 Å². The Morgan fingerprint density at radius 2 is 2.24 bits per heavy atom. The van der Waals surface area contributed by atoms with Gasteiger partial charge in [0.2, 0.25) is 0 Å². The summed E-state index contributed by atoms with van der Waals surface area (Å²) in [7, 11) is 0. The van der Waals surface area contributed by atoms with Gasteiger partial charge in [0.25, 0.3) is 0 Å². The molecule has 2 nitrogen and oxygen atoms in total. The Hall–Kier alpha value is -0.250. The Kier molecular flexibility index (Phi) is 5.14. The second-order valence-corrected chi connectivity index (χ2v) is 6.53. The molecule has 1 aliphatic rings. The molecule has 17 heavy (non-hydrogen) atoms. The number of aromatic nitrogens is 1. The van der Waals surface area contributed by atoms with Gasteiger partial charge in [-0.25, -0.2) is 4.98 Å². The lowest BCUT2D eigenvalue weighted by atomic mass is 10.2. The Bertz CT molecular complexity index is 336. The van der Waals surface area contributed by atoms with Gasteiger partial charge < -0.3 is 5.32 Å². The van der Waals surface area contributed by atoms with E-state index in [-0.39, 0.29) is 0 Å². The molecule has 1 aliphatic carbocycles. The van der Waals surface area contributed by atoms with Crippen molar-refractivity contribution in [2.75, 3.05) is 6.54 Å². The zero-order valence-corrected chi connectivity index (χ0v) is 11.7. The van der Waals surface area contributed by atoms with E-state index in [1.165, 1.54) is 25.7 Å². The predicted octanol–water partition coefficient (Wildman–Crippen LogP) is 3.75. The van der Waals surface area contributed by atoms with E-state index >= 15 is 0 Å². The highest BCUT2D eigenvalue weighted by Crippen LogP contribution is 2.23. The molecule has 1 heterocycles. The maximum Gasteiger partial charge on any atom is 0.0964 e. The lowest BCUT2D eigenvalue weighted by Gasteiger charge is -2.16. The number of hydrogen-bond donors (Lipinski definition) is 1. The summed E-state index contributed by atoms with van der Waals surface area (Å²) in [6, 6.07) is 4.63. The second kappa shape index (κ2) is 6.62. The van der Waals surface area contributed by atoms with Gasteiger partial charge in [-0.2, -0.15) is 0 Å². The summed E-state index contributed by atoms with van der Waals surface area (Å²) in [6.07, 6.45) is 7.17. The fourth-order valence-corrected chi connectivity index (χ4v) is 3.11. The number of hydrogen-bond acceptors (Lipinski definition) is 3. The predicted molar refractivity (Wildman–Crippen MR) is 74.8 cm³/mol. The summed E-state index contributed by atoms with van der Waals surface area (Å²) in [5.74, 6) is 0. The van der Waals surface area contributed by atoms with Crippen LogP contribution in [0.5, 0.6) is 0 Å². The summed E-state index contributed by atoms with van der Waals surface area (Å²) < 4.78 is 0. The average Bonchev–Trinajstić information content (AvgIpc) is 2.83. The SMILES string of the molecule is CC(CNC1CCCC1)Sc1ccc(Cl)cn1. The molecule has 0 saturated heterocycles. The highest BCUT2D eigenvalue weighted by molar-refractivity contribution is 7.99. The van der Waals surface area contributed by atoms with Gasteiger partial charge in [-0.05, 0) is 25.0 Å². The molecule has 0 amide bonds. The van der Waals surface area contributed by atoms with Gasteiger partial charge in [0, 0.05) is 24.0 Å². The molecule has 1 fully saturated rings. The average molecular weight is 271 g/mol. The molecular weight excluding hydrogens is 252 g/mol. The normalized spacial score (nSPS) is 18.5. The van der Waals surface area contributed by atoms with E-state index in [1.54, 1.807) is 18.0 Å². The monoisotopic (exact) mass is 270 g/mol. The molecule has 0 bridgehead atoms. The van der Waals surface area contributed by atoms with Gasteiger partial charge in [-0.3, -0.25) is 0 Å². The zero-order chi connectivity index (χ0) is 12.1. The molecule has 0 spiro atoms. The van der Waals surface area contributed by atoms with E-state index in [0.29, 0.717) is 10.3 Å². The second-order valence-electron chi connectivity index (χ2n) is 4.63. The van der Waals surface area contributed by atoms with E-state index in [2.05, 4.69) is 17.2 Å². The van der Waals surface area contributed by atoms with Crippen molar-refractivity contribution in [3.8, 4) is 0 Å². The topological polar surface area (TPSA) is 24.9 Å². The third kappa shape index (κ3) is 4.49. The smallest absolute Gasteiger partial charge is 0.0964 e. The molecule has 1 aromatic heterocycles. The summed E-state index contributed by atoms with van der Waals surface area (Å²) >= 11 is 7.61. The number of thioether (sulfide) groups is 1. The highest BCUT2D eigenvalue weighted by Gasteiger charge is 2.15. The first-order chi connectivity index (χ1) is 8.24. The van der Waals surface area contributed by atoms with Gasteiger partial charge in [0.1, 0.15) is 0 Å². The van der Waals surface area contributed by atoms with Crippen LogP contribution in [0.3, 0.4) is 0 Å². The summed E-state index contributed by atoms with van der Waals surface area (Å²) in [4.78, 5) is 4.30. The van der Waals surface area contributed by atoms with Crippen LogP contribution in [0, 0.1) is 0 Å². The summed E-state index contributed by atoms with van der Waals surface area (Å²) in [5.41, 5.74) is 0. The molecule has 1 atom stereocenters. The van der Waals surface area contributed by atoms with Crippen LogP contribution >= 0.6 is 23.4 Å². The van der Waals surface area contributed by atoms with Crippen LogP contribution in [0.2, 0.25) is 5.02 Å². The van der Waals surface area contributed by atoms with Gasteiger partial charge >= 0.3 is 0 Å². The fraction of sp³-hybridized carbons (Fsp3) is 0.615. The number of halogens is 1. The zero-order valence-electron chi connectivity index (χ0n) is 10.2. The van der Waals surface area contributed by atoms with Gasteiger partial charge in [-0.1, -0.05) is 31.4 Å². The van der Waals surface area contributed by atoms with Crippen LogP contribution in [-0.2, 0) is 0 Å². The highest BCUT2D eigenvalue weighted by atomic mass is 35.5. The molecule has 0 radical (unpaired) electrons. The number of rotatable bonds is 5. The first-order valence-electron chi connectivity index (χ1n) is 6.25. The van der Waals surface area contributed by atoms with Crippen molar-refractivity contribution in [2.24, 2.45) is 0 Å². The molecule has 0 aromatic carbocycles. The first-order valence-corrected chi connectivity index (χ1v) is 7.51. The van der Waals surface area contributed by atoms with Crippen molar-refractivity contribution >= 4 is 23.4 Å². The lowest BCUT2D eigenvalue weighted by Crippen LogP contribution is -2.31. The molecule has 1 unspecified atom stereocenters. The van der Waals surface area contributed by atoms with Gasteiger partial charge in [0.15, 0.2) is 0 Å². The van der Waals surface area contributed by atoms with Gasteiger partial charge in [-0.15, -0.1) is 11.8 Å². The van der Waals surface area contributed by atoms with Crippen molar-refractivity contribution in [3.63, 3.8) is 0 Å². The van der Waals surface area contributed by atoms with Crippen molar-refractivity contribution < 1.29 is 0 Å². The minimum atomic E-state index is 0.546. The van der Waals surface area contributed by atoms with Crippen molar-refractivity contribution in [3.05, 3.63) is 23.4 Å². The summed E-state index contributed by atoms with van der Waals surface area (Å²) in [6.45, 7) is 3.29. The van der Waals surface area contributed by atoms with Crippen LogP contribution in [0.1, 0.15) is 32.6 Å². The standard InChI is InChI=1S/C13H19ClN2S/c1-10(8-15-12-4-2-3-5-12)17-13-7-6-11(14)9-16-13/h6-7,9-10,12,15H,2-5,8H2,1H3. The Balaban J connectivity index is 1.72. The Morgan fingerprint density at radius 3 is 2.88 bits per heavy atom. The minimum absolute atomic E-state index is 0.546. The van der Waals surface area contributed by atoms with E-state index < -0.39 is 0 Å². The quantitative estimate of drug-likeness (QED) is 0.825. The third-order valence-electron chi connectivity index (χ3n) is 3.07. The Morgan fingerprint density at radius 1 is 1.47 bits per heavy atom. The van der Waals surface area contributed by atoms with Crippen LogP contribution in [0.15, 0.2) is 23.4 Å². The molecule has 1 saturated carbocycles. The molecule has 1 aromatic rings. The van der Waals surface area contributed by atoms with E-state index in [9.17, 15) is 0 Å². The van der Waals surface area contributed by atoms with E-state index in [4.69, 9.17) is 11.6 Å². The molecule has 0 aliphatic heterocycles. The molecular formula is C13H19ClN2S. The maximum absolute atomic E-state index is 5.81. The van der Waals surface area contributed by atoms with E-state index in [0.717, 1.165) is 17.6 Å². The largest absolute Gasteiger partial charge is 0.313 e. The molecule has 94 valence electrons. The molecule has 4 heteroatoms. The Labute approximate surface area is 113 Å². The van der Waals surface area contributed by atoms with Crippen LogP contribution in [0.4, 0.5) is 0 Å². The fourth-order valence-electron chi connectivity index (χ4n) is 2.14. The van der Waals surface area contributed by atoms with E-state index in [1.807, 2.05) is 12.1 Å². The lowest BCUT2D eigenvalue weighted by molar-refractivity contribution is 0.527. The third-order valence-corrected chi connectivity index (χ3v) is 4.35. The molecule has 1 N–H and O–H groups in total. The summed E-state index contributed by atoms with van der Waals surface area (Å²) in [5, 5.41) is 5.94. The van der Waals surface area contributed by atoms with Crippen molar-refractivity contribution in [1.82, 2.24) is 10.3 Å².